The molecular weight excluding hydrogens is 515 g/mol. The summed E-state index contributed by atoms with van der Waals surface area (Å²) in [7, 11) is 0. The van der Waals surface area contributed by atoms with Crippen LogP contribution in [0.3, 0.4) is 0 Å². The Bertz CT molecular complexity index is 1200. The molecule has 0 atom stereocenters. The summed E-state index contributed by atoms with van der Waals surface area (Å²) in [6, 6.07) is 6.67. The number of halogens is 3. The molecule has 1 aromatic carbocycles. The number of benzene rings is 1. The number of carbonyl (C=O) groups is 1. The molecule has 4 aliphatic rings. The minimum atomic E-state index is -4.76. The monoisotopic (exact) mass is 555 g/mol. The van der Waals surface area contributed by atoms with Crippen LogP contribution in [0.5, 0.6) is 5.75 Å². The van der Waals surface area contributed by atoms with E-state index in [-0.39, 0.29) is 17.6 Å². The Hall–Kier alpha value is -2.96. The summed E-state index contributed by atoms with van der Waals surface area (Å²) in [6.45, 7) is 10.1. The molecule has 1 saturated carbocycles. The van der Waals surface area contributed by atoms with E-state index < -0.39 is 6.36 Å². The van der Waals surface area contributed by atoms with Gasteiger partial charge in [-0.3, -0.25) is 4.79 Å². The van der Waals surface area contributed by atoms with Crippen molar-refractivity contribution in [3.05, 3.63) is 65.1 Å². The molecule has 0 N–H and O–H groups in total. The zero-order chi connectivity index (χ0) is 28.3. The van der Waals surface area contributed by atoms with Crippen molar-refractivity contribution in [2.24, 2.45) is 5.92 Å². The molecule has 8 heteroatoms. The standard InChI is InChI=1S/C32H40F3N3O2/c1-3-23(2)8-6-9-24-14-21-38(27-10-7-11-28(22-27)40-32(33,34)35)30(25-12-13-25)29(24)31(39)37-19-15-26(16-20-37)36-17-4-5-18-36/h7,10-11,14,22,25-26H,1,4-6,8-9,12-13,15-21H2,2H3. The third kappa shape index (κ3) is 6.84. The second kappa shape index (κ2) is 12.3. The smallest absolute Gasteiger partial charge is 0.406 e. The summed E-state index contributed by atoms with van der Waals surface area (Å²) in [5, 5.41) is 0. The second-order valence-electron chi connectivity index (χ2n) is 11.5. The SMILES string of the molecule is C=C=C(C)CCCC1=CCN(c2cccc(OC(F)(F)F)c2)C(C2CC2)=C1C(=O)N1CCC(N2CCCC2)CC1. The van der Waals surface area contributed by atoms with Gasteiger partial charge in [-0.1, -0.05) is 18.7 Å². The van der Waals surface area contributed by atoms with E-state index in [9.17, 15) is 18.0 Å². The molecular formula is C32H40F3N3O2. The summed E-state index contributed by atoms with van der Waals surface area (Å²) in [4.78, 5) is 20.9. The zero-order valence-electron chi connectivity index (χ0n) is 23.4. The van der Waals surface area contributed by atoms with Gasteiger partial charge in [0.2, 0.25) is 0 Å². The summed E-state index contributed by atoms with van der Waals surface area (Å²) < 4.78 is 43.1. The van der Waals surface area contributed by atoms with E-state index >= 15 is 0 Å². The van der Waals surface area contributed by atoms with Crippen molar-refractivity contribution in [2.45, 2.75) is 77.1 Å². The maximum atomic E-state index is 14.3. The lowest BCUT2D eigenvalue weighted by atomic mass is 9.90. The van der Waals surface area contributed by atoms with Gasteiger partial charge < -0.3 is 19.4 Å². The van der Waals surface area contributed by atoms with E-state index in [0.29, 0.717) is 18.3 Å². The number of amides is 1. The average Bonchev–Trinajstić information content (AvgIpc) is 3.64. The second-order valence-corrected chi connectivity index (χ2v) is 11.5. The number of nitrogens with zero attached hydrogens (tertiary/aromatic N) is 3. The first-order chi connectivity index (χ1) is 19.2. The lowest BCUT2D eigenvalue weighted by Gasteiger charge is -2.39. The Labute approximate surface area is 235 Å². The average molecular weight is 556 g/mol. The number of hydrogen-bond donors (Lipinski definition) is 0. The highest BCUT2D eigenvalue weighted by Gasteiger charge is 2.40. The molecule has 40 heavy (non-hydrogen) atoms. The van der Waals surface area contributed by atoms with Gasteiger partial charge in [0.25, 0.3) is 5.91 Å². The molecule has 2 saturated heterocycles. The predicted molar refractivity (Wildman–Crippen MR) is 151 cm³/mol. The maximum Gasteiger partial charge on any atom is 0.573 e. The van der Waals surface area contributed by atoms with Crippen LogP contribution in [0.2, 0.25) is 0 Å². The van der Waals surface area contributed by atoms with Crippen molar-refractivity contribution in [1.82, 2.24) is 9.80 Å². The van der Waals surface area contributed by atoms with Crippen LogP contribution >= 0.6 is 0 Å². The lowest BCUT2D eigenvalue weighted by molar-refractivity contribution is -0.274. The molecule has 216 valence electrons. The van der Waals surface area contributed by atoms with Gasteiger partial charge in [-0.2, -0.15) is 0 Å². The first kappa shape index (κ1) is 28.6. The number of carbonyl (C=O) groups excluding carboxylic acids is 1. The molecule has 1 aliphatic carbocycles. The summed E-state index contributed by atoms with van der Waals surface area (Å²) in [5.41, 5.74) is 7.45. The molecule has 3 fully saturated rings. The van der Waals surface area contributed by atoms with Crippen molar-refractivity contribution < 1.29 is 22.7 Å². The molecule has 0 aromatic heterocycles. The number of rotatable bonds is 9. The number of alkyl halides is 3. The predicted octanol–water partition coefficient (Wildman–Crippen LogP) is 6.98. The lowest BCUT2D eigenvalue weighted by Crippen LogP contribution is -2.47. The Morgan fingerprint density at radius 1 is 1.10 bits per heavy atom. The van der Waals surface area contributed by atoms with Crippen LogP contribution < -0.4 is 9.64 Å². The number of anilines is 1. The topological polar surface area (TPSA) is 36.0 Å². The number of piperidine rings is 1. The Kier molecular flexibility index (Phi) is 8.77. The van der Waals surface area contributed by atoms with E-state index in [1.165, 1.54) is 25.0 Å². The van der Waals surface area contributed by atoms with Crippen molar-refractivity contribution in [1.29, 1.82) is 0 Å². The number of hydrogen-bond acceptors (Lipinski definition) is 4. The highest BCUT2D eigenvalue weighted by Crippen LogP contribution is 2.46. The first-order valence-corrected chi connectivity index (χ1v) is 14.7. The summed E-state index contributed by atoms with van der Waals surface area (Å²) >= 11 is 0. The van der Waals surface area contributed by atoms with E-state index in [1.807, 2.05) is 16.7 Å². The Balaban J connectivity index is 1.43. The van der Waals surface area contributed by atoms with E-state index in [1.54, 1.807) is 12.1 Å². The van der Waals surface area contributed by atoms with Crippen molar-refractivity contribution >= 4 is 11.6 Å². The number of likely N-dealkylation sites (tertiary alicyclic amines) is 2. The highest BCUT2D eigenvalue weighted by molar-refractivity contribution is 6.00. The fourth-order valence-corrected chi connectivity index (χ4v) is 6.38. The van der Waals surface area contributed by atoms with Crippen LogP contribution in [0.1, 0.15) is 64.7 Å². The van der Waals surface area contributed by atoms with Crippen LogP contribution in [0.4, 0.5) is 18.9 Å². The quantitative estimate of drug-likeness (QED) is 0.308. The number of allylic oxidation sites excluding steroid dienone is 2. The van der Waals surface area contributed by atoms with Crippen molar-refractivity contribution in [2.75, 3.05) is 37.6 Å². The van der Waals surface area contributed by atoms with Crippen LogP contribution in [0.25, 0.3) is 0 Å². The van der Waals surface area contributed by atoms with Gasteiger partial charge >= 0.3 is 6.36 Å². The highest BCUT2D eigenvalue weighted by atomic mass is 19.4. The Morgan fingerprint density at radius 2 is 1.82 bits per heavy atom. The van der Waals surface area contributed by atoms with Gasteiger partial charge in [0.05, 0.1) is 5.57 Å². The van der Waals surface area contributed by atoms with Gasteiger partial charge in [-0.05, 0) is 101 Å². The van der Waals surface area contributed by atoms with Crippen molar-refractivity contribution in [3.8, 4) is 5.75 Å². The van der Waals surface area contributed by atoms with Crippen LogP contribution in [-0.4, -0.2) is 60.8 Å². The minimum absolute atomic E-state index is 0.0661. The fourth-order valence-electron chi connectivity index (χ4n) is 6.38. The molecule has 3 heterocycles. The maximum absolute atomic E-state index is 14.3. The third-order valence-electron chi connectivity index (χ3n) is 8.64. The van der Waals surface area contributed by atoms with Crippen molar-refractivity contribution in [3.63, 3.8) is 0 Å². The molecule has 5 nitrogen and oxygen atoms in total. The number of ether oxygens (including phenoxy) is 1. The van der Waals surface area contributed by atoms with Gasteiger partial charge in [0.15, 0.2) is 0 Å². The van der Waals surface area contributed by atoms with E-state index in [0.717, 1.165) is 93.5 Å². The van der Waals surface area contributed by atoms with Crippen LogP contribution in [0, 0.1) is 5.92 Å². The molecule has 3 aliphatic heterocycles. The normalized spacial score (nSPS) is 20.9. The van der Waals surface area contributed by atoms with Gasteiger partial charge in [-0.15, -0.1) is 18.9 Å². The first-order valence-electron chi connectivity index (χ1n) is 14.7. The van der Waals surface area contributed by atoms with E-state index in [2.05, 4.69) is 28.0 Å². The Morgan fingerprint density at radius 3 is 2.48 bits per heavy atom. The minimum Gasteiger partial charge on any atom is -0.406 e. The molecule has 0 bridgehead atoms. The molecule has 0 spiro atoms. The van der Waals surface area contributed by atoms with Crippen LogP contribution in [0.15, 0.2) is 65.1 Å². The van der Waals surface area contributed by atoms with Gasteiger partial charge in [0, 0.05) is 49.0 Å². The molecule has 1 aromatic rings. The van der Waals surface area contributed by atoms with Gasteiger partial charge in [0.1, 0.15) is 5.75 Å². The fraction of sp³-hybridized carbons (Fsp3) is 0.562. The molecule has 5 rings (SSSR count). The molecule has 0 unspecified atom stereocenters. The summed E-state index contributed by atoms with van der Waals surface area (Å²) in [6.07, 6.45) is 6.31. The summed E-state index contributed by atoms with van der Waals surface area (Å²) in [5.74, 6) is 0.0432. The third-order valence-corrected chi connectivity index (χ3v) is 8.64. The van der Waals surface area contributed by atoms with Crippen LogP contribution in [-0.2, 0) is 4.79 Å². The largest absolute Gasteiger partial charge is 0.573 e. The molecule has 0 radical (unpaired) electrons. The zero-order valence-corrected chi connectivity index (χ0v) is 23.4. The van der Waals surface area contributed by atoms with E-state index in [4.69, 9.17) is 0 Å². The molecule has 1 amide bonds. The van der Waals surface area contributed by atoms with Gasteiger partial charge in [-0.25, -0.2) is 0 Å².